The molecule has 1 unspecified atom stereocenters. The van der Waals surface area contributed by atoms with Crippen molar-refractivity contribution in [3.8, 4) is 5.69 Å². The first-order valence-corrected chi connectivity index (χ1v) is 9.86. The molecule has 0 saturated carbocycles. The van der Waals surface area contributed by atoms with E-state index in [1.54, 1.807) is 17.3 Å². The van der Waals surface area contributed by atoms with Crippen molar-refractivity contribution < 1.29 is 14.0 Å². The summed E-state index contributed by atoms with van der Waals surface area (Å²) in [6.45, 7) is 0.553. The molecule has 0 bridgehead atoms. The number of pyridine rings is 1. The van der Waals surface area contributed by atoms with Crippen LogP contribution in [0.1, 0.15) is 35.2 Å². The van der Waals surface area contributed by atoms with Crippen LogP contribution in [0.3, 0.4) is 0 Å². The lowest BCUT2D eigenvalue weighted by atomic mass is 10.0. The van der Waals surface area contributed by atoms with Gasteiger partial charge in [0.25, 0.3) is 0 Å². The fraction of sp³-hybridized carbons (Fsp3) is 0.273. The van der Waals surface area contributed by atoms with Crippen molar-refractivity contribution in [2.24, 2.45) is 0 Å². The summed E-state index contributed by atoms with van der Waals surface area (Å²) in [5.74, 6) is -0.446. The number of benzene rings is 1. The fourth-order valence-corrected chi connectivity index (χ4v) is 3.80. The minimum Gasteiger partial charge on any atom is -0.383 e. The smallest absolute Gasteiger partial charge is 0.223 e. The highest BCUT2D eigenvalue weighted by Gasteiger charge is 2.35. The molecule has 1 aliphatic rings. The first-order valence-electron chi connectivity index (χ1n) is 9.86. The Labute approximate surface area is 173 Å². The zero-order valence-electron chi connectivity index (χ0n) is 16.4. The van der Waals surface area contributed by atoms with E-state index in [2.05, 4.69) is 10.1 Å². The highest BCUT2D eigenvalue weighted by Crippen LogP contribution is 2.26. The Morgan fingerprint density at radius 3 is 2.60 bits per heavy atom. The molecule has 7 nitrogen and oxygen atoms in total. The summed E-state index contributed by atoms with van der Waals surface area (Å²) in [4.78, 5) is 31.6. The van der Waals surface area contributed by atoms with Gasteiger partial charge < -0.3 is 10.6 Å². The molecular formula is C22H22FN5O2. The number of carbonyl (C=O) groups is 2. The van der Waals surface area contributed by atoms with Crippen LogP contribution >= 0.6 is 0 Å². The third-order valence-corrected chi connectivity index (χ3v) is 5.40. The van der Waals surface area contributed by atoms with Crippen molar-refractivity contribution in [1.29, 1.82) is 0 Å². The van der Waals surface area contributed by atoms with Gasteiger partial charge in [0.05, 0.1) is 23.5 Å². The molecule has 0 aliphatic carbocycles. The Hall–Kier alpha value is -3.55. The number of amides is 1. The number of ketones is 1. The van der Waals surface area contributed by atoms with E-state index in [0.29, 0.717) is 31.5 Å². The van der Waals surface area contributed by atoms with Gasteiger partial charge in [-0.25, -0.2) is 9.07 Å². The zero-order valence-corrected chi connectivity index (χ0v) is 16.4. The number of carbonyl (C=O) groups excluding carboxylic acids is 2. The Morgan fingerprint density at radius 2 is 1.87 bits per heavy atom. The lowest BCUT2D eigenvalue weighted by molar-refractivity contribution is -0.131. The van der Waals surface area contributed by atoms with Crippen LogP contribution in [-0.4, -0.2) is 43.9 Å². The number of Topliss-reactive ketones (excluding diaryl/α,β-unsaturated/α-hetero) is 1. The molecule has 1 aliphatic heterocycles. The molecule has 1 atom stereocenters. The first-order chi connectivity index (χ1) is 14.5. The average Bonchev–Trinajstić information content (AvgIpc) is 3.40. The second-order valence-electron chi connectivity index (χ2n) is 7.30. The summed E-state index contributed by atoms with van der Waals surface area (Å²) in [6.07, 6.45) is 7.11. The van der Waals surface area contributed by atoms with Gasteiger partial charge in [-0.05, 0) is 61.2 Å². The van der Waals surface area contributed by atoms with Crippen LogP contribution in [-0.2, 0) is 11.2 Å². The molecule has 1 fully saturated rings. The van der Waals surface area contributed by atoms with E-state index in [-0.39, 0.29) is 28.9 Å². The van der Waals surface area contributed by atoms with E-state index in [9.17, 15) is 14.0 Å². The van der Waals surface area contributed by atoms with Crippen molar-refractivity contribution in [3.63, 3.8) is 0 Å². The van der Waals surface area contributed by atoms with Gasteiger partial charge in [-0.15, -0.1) is 0 Å². The van der Waals surface area contributed by atoms with Gasteiger partial charge in [-0.2, -0.15) is 5.10 Å². The van der Waals surface area contributed by atoms with Crippen molar-refractivity contribution in [2.45, 2.75) is 31.7 Å². The van der Waals surface area contributed by atoms with Crippen molar-refractivity contribution in [3.05, 3.63) is 71.9 Å². The lowest BCUT2D eigenvalue weighted by Crippen LogP contribution is -2.40. The quantitative estimate of drug-likeness (QED) is 0.634. The average molecular weight is 407 g/mol. The number of aromatic nitrogens is 3. The summed E-state index contributed by atoms with van der Waals surface area (Å²) in [5.41, 5.74) is 8.04. The van der Waals surface area contributed by atoms with Crippen LogP contribution in [0.15, 0.2) is 55.0 Å². The topological polar surface area (TPSA) is 94.1 Å². The van der Waals surface area contributed by atoms with E-state index in [1.165, 1.54) is 35.1 Å². The van der Waals surface area contributed by atoms with Gasteiger partial charge in [0, 0.05) is 25.4 Å². The largest absolute Gasteiger partial charge is 0.383 e. The number of nitrogen functional groups attached to an aromatic ring is 1. The molecule has 2 aromatic heterocycles. The van der Waals surface area contributed by atoms with Gasteiger partial charge in [0.15, 0.2) is 5.78 Å². The molecule has 1 aromatic carbocycles. The summed E-state index contributed by atoms with van der Waals surface area (Å²) >= 11 is 0. The predicted molar refractivity (Wildman–Crippen MR) is 110 cm³/mol. The summed E-state index contributed by atoms with van der Waals surface area (Å²) < 4.78 is 14.6. The summed E-state index contributed by atoms with van der Waals surface area (Å²) in [6, 6.07) is 8.91. The van der Waals surface area contributed by atoms with Gasteiger partial charge in [-0.1, -0.05) is 0 Å². The first kappa shape index (κ1) is 19.8. The number of rotatable bonds is 6. The molecule has 2 N–H and O–H groups in total. The van der Waals surface area contributed by atoms with Crippen LogP contribution in [0.5, 0.6) is 0 Å². The van der Waals surface area contributed by atoms with Gasteiger partial charge >= 0.3 is 0 Å². The highest BCUT2D eigenvalue weighted by atomic mass is 19.1. The summed E-state index contributed by atoms with van der Waals surface area (Å²) in [5, 5.41) is 4.19. The molecule has 0 spiro atoms. The lowest BCUT2D eigenvalue weighted by Gasteiger charge is -2.23. The van der Waals surface area contributed by atoms with Crippen LogP contribution in [0.4, 0.5) is 10.2 Å². The van der Waals surface area contributed by atoms with Gasteiger partial charge in [-0.3, -0.25) is 14.6 Å². The molecule has 3 aromatic rings. The molecule has 30 heavy (non-hydrogen) atoms. The van der Waals surface area contributed by atoms with E-state index < -0.39 is 6.04 Å². The van der Waals surface area contributed by atoms with Crippen molar-refractivity contribution in [2.75, 3.05) is 12.3 Å². The second kappa shape index (κ2) is 8.44. The monoisotopic (exact) mass is 407 g/mol. The number of hydrogen-bond donors (Lipinski definition) is 1. The Morgan fingerprint density at radius 1 is 1.13 bits per heavy atom. The van der Waals surface area contributed by atoms with Crippen LogP contribution in [0.25, 0.3) is 5.69 Å². The highest BCUT2D eigenvalue weighted by molar-refractivity contribution is 6.05. The minimum absolute atomic E-state index is 0.0489. The Balaban J connectivity index is 1.48. The van der Waals surface area contributed by atoms with E-state index in [4.69, 9.17) is 5.73 Å². The van der Waals surface area contributed by atoms with Crippen LogP contribution in [0.2, 0.25) is 0 Å². The molecule has 0 radical (unpaired) electrons. The Kier molecular flexibility index (Phi) is 5.56. The minimum atomic E-state index is -0.539. The van der Waals surface area contributed by atoms with Crippen molar-refractivity contribution in [1.82, 2.24) is 19.7 Å². The normalized spacial score (nSPS) is 16.0. The number of nitrogens with two attached hydrogens (primary N) is 1. The SMILES string of the molecule is Nc1c(C(=O)C2CCCN2C(=O)CCc2ccncc2)cnn1-c1ccc(F)cc1. The number of anilines is 1. The van der Waals surface area contributed by atoms with Crippen LogP contribution in [0, 0.1) is 5.82 Å². The van der Waals surface area contributed by atoms with Gasteiger partial charge in [0.1, 0.15) is 11.6 Å². The maximum Gasteiger partial charge on any atom is 0.223 e. The molecule has 4 rings (SSSR count). The number of hydrogen-bond acceptors (Lipinski definition) is 5. The fourth-order valence-electron chi connectivity index (χ4n) is 3.80. The second-order valence-corrected chi connectivity index (χ2v) is 7.30. The molecule has 3 heterocycles. The maximum atomic E-state index is 13.2. The zero-order chi connectivity index (χ0) is 21.1. The molecule has 1 amide bonds. The summed E-state index contributed by atoms with van der Waals surface area (Å²) in [7, 11) is 0. The number of nitrogens with zero attached hydrogens (tertiary/aromatic N) is 4. The van der Waals surface area contributed by atoms with E-state index >= 15 is 0 Å². The number of aryl methyl sites for hydroxylation is 1. The Bertz CT molecular complexity index is 1050. The van der Waals surface area contributed by atoms with E-state index in [1.807, 2.05) is 12.1 Å². The molecule has 154 valence electrons. The van der Waals surface area contributed by atoms with Crippen LogP contribution < -0.4 is 5.73 Å². The predicted octanol–water partition coefficient (Wildman–Crippen LogP) is 2.80. The third-order valence-electron chi connectivity index (χ3n) is 5.40. The standard InChI is InChI=1S/C22H22FN5O2/c23-16-4-6-17(7-5-16)28-22(24)18(14-26-28)21(30)19-2-1-13-27(19)20(29)8-3-15-9-11-25-12-10-15/h4-7,9-12,14,19H,1-3,8,13,24H2. The molecule has 1 saturated heterocycles. The van der Waals surface area contributed by atoms with Crippen molar-refractivity contribution >= 4 is 17.5 Å². The third kappa shape index (κ3) is 3.94. The molecule has 8 heteroatoms. The van der Waals surface area contributed by atoms with Gasteiger partial charge in [0.2, 0.25) is 5.91 Å². The number of halogens is 1. The van der Waals surface area contributed by atoms with E-state index in [0.717, 1.165) is 12.0 Å². The maximum absolute atomic E-state index is 13.2. The molecular weight excluding hydrogens is 385 g/mol. The number of likely N-dealkylation sites (tertiary alicyclic amines) is 1.